The summed E-state index contributed by atoms with van der Waals surface area (Å²) >= 11 is 0. The molecule has 0 radical (unpaired) electrons. The summed E-state index contributed by atoms with van der Waals surface area (Å²) in [6.07, 6.45) is -26.8. The minimum Gasteiger partial charge on any atom is -0.388 e. The third-order valence-electron chi connectivity index (χ3n) is 3.08. The van der Waals surface area contributed by atoms with Gasteiger partial charge in [0, 0.05) is 12.0 Å². The molecule has 1 aromatic carbocycles. The van der Waals surface area contributed by atoms with Gasteiger partial charge in [0.1, 0.15) is 11.1 Å². The highest BCUT2D eigenvalue weighted by Crippen LogP contribution is 2.45. The van der Waals surface area contributed by atoms with Crippen molar-refractivity contribution in [1.82, 2.24) is 0 Å². The Morgan fingerprint density at radius 3 is 1.42 bits per heavy atom. The van der Waals surface area contributed by atoms with Gasteiger partial charge in [0.25, 0.3) is 0 Å². The van der Waals surface area contributed by atoms with E-state index in [0.717, 1.165) is 0 Å². The SMILES string of the molecule is OC(CC(O)C(F)(F)F)c1c(F)c(F)c(C(F)(F)F)c(F)c1C(F)(F)F. The highest BCUT2D eigenvalue weighted by Gasteiger charge is 2.50. The summed E-state index contributed by atoms with van der Waals surface area (Å²) in [5, 5.41) is 18.0. The molecular weight excluding hydrogens is 404 g/mol. The molecule has 1 rings (SSSR count). The molecule has 0 saturated heterocycles. The Kier molecular flexibility index (Phi) is 5.84. The predicted octanol–water partition coefficient (Wildman–Crippen LogP) is 4.49. The zero-order valence-electron chi connectivity index (χ0n) is 11.8. The Morgan fingerprint density at radius 2 is 1.08 bits per heavy atom. The highest BCUT2D eigenvalue weighted by atomic mass is 19.4. The third-order valence-corrected chi connectivity index (χ3v) is 3.08. The lowest BCUT2D eigenvalue weighted by molar-refractivity contribution is -0.211. The molecule has 0 heterocycles. The minimum atomic E-state index is -6.14. The summed E-state index contributed by atoms with van der Waals surface area (Å²) in [5.41, 5.74) is -8.93. The maximum Gasteiger partial charge on any atom is 0.422 e. The maximum absolute atomic E-state index is 13.7. The molecule has 0 aromatic heterocycles. The molecule has 26 heavy (non-hydrogen) atoms. The molecule has 2 atom stereocenters. The van der Waals surface area contributed by atoms with Gasteiger partial charge in [-0.25, -0.2) is 13.2 Å². The second-order valence-electron chi connectivity index (χ2n) is 4.91. The summed E-state index contributed by atoms with van der Waals surface area (Å²) in [7, 11) is 0. The van der Waals surface area contributed by atoms with E-state index in [-0.39, 0.29) is 0 Å². The number of hydrogen-bond acceptors (Lipinski definition) is 2. The van der Waals surface area contributed by atoms with Gasteiger partial charge in [0.15, 0.2) is 23.6 Å². The van der Waals surface area contributed by atoms with Crippen LogP contribution in [0.15, 0.2) is 0 Å². The first-order valence-electron chi connectivity index (χ1n) is 6.18. The van der Waals surface area contributed by atoms with Gasteiger partial charge in [0.05, 0.1) is 6.10 Å². The highest BCUT2D eigenvalue weighted by molar-refractivity contribution is 5.41. The van der Waals surface area contributed by atoms with Gasteiger partial charge >= 0.3 is 18.5 Å². The van der Waals surface area contributed by atoms with Gasteiger partial charge in [-0.1, -0.05) is 0 Å². The fraction of sp³-hybridized carbons (Fsp3) is 0.500. The number of aliphatic hydroxyl groups excluding tert-OH is 2. The number of aliphatic hydroxyl groups is 2. The standard InChI is InChI=1S/C12H6F12O2/c13-7-4(2(25)1-3(26)10(16,17)18)5(11(19,20)21)8(14)6(9(7)15)12(22,23)24/h2-3,25-26H,1H2. The molecule has 0 aliphatic rings. The average Bonchev–Trinajstić information content (AvgIpc) is 2.38. The molecule has 1 aromatic rings. The van der Waals surface area contributed by atoms with Crippen molar-refractivity contribution in [2.75, 3.05) is 0 Å². The zero-order chi connectivity index (χ0) is 20.8. The Hall–Kier alpha value is -1.70. The molecule has 2 unspecified atom stereocenters. The number of alkyl halides is 9. The monoisotopic (exact) mass is 410 g/mol. The molecule has 0 spiro atoms. The number of benzene rings is 1. The van der Waals surface area contributed by atoms with Gasteiger partial charge in [-0.05, 0) is 0 Å². The van der Waals surface area contributed by atoms with Crippen LogP contribution >= 0.6 is 0 Å². The van der Waals surface area contributed by atoms with Gasteiger partial charge in [-0.2, -0.15) is 39.5 Å². The minimum absolute atomic E-state index is 2.12. The lowest BCUT2D eigenvalue weighted by Gasteiger charge is -2.24. The van der Waals surface area contributed by atoms with Crippen LogP contribution in [0.25, 0.3) is 0 Å². The van der Waals surface area contributed by atoms with E-state index in [4.69, 9.17) is 5.11 Å². The van der Waals surface area contributed by atoms with Gasteiger partial charge < -0.3 is 10.2 Å². The van der Waals surface area contributed by atoms with Crippen molar-refractivity contribution in [3.63, 3.8) is 0 Å². The van der Waals surface area contributed by atoms with Crippen LogP contribution in [-0.4, -0.2) is 22.5 Å². The van der Waals surface area contributed by atoms with E-state index in [0.29, 0.717) is 0 Å². The predicted molar refractivity (Wildman–Crippen MR) is 58.0 cm³/mol. The van der Waals surface area contributed by atoms with E-state index in [9.17, 15) is 57.8 Å². The summed E-state index contributed by atoms with van der Waals surface area (Å²) < 4.78 is 153. The Labute approximate surface area is 135 Å². The molecule has 0 aliphatic heterocycles. The first kappa shape index (κ1) is 22.3. The topological polar surface area (TPSA) is 40.5 Å². The lowest BCUT2D eigenvalue weighted by atomic mass is 9.93. The molecule has 0 bridgehead atoms. The second kappa shape index (κ2) is 6.79. The summed E-state index contributed by atoms with van der Waals surface area (Å²) in [6.45, 7) is 0. The first-order valence-corrected chi connectivity index (χ1v) is 6.18. The van der Waals surface area contributed by atoms with Crippen LogP contribution in [0.4, 0.5) is 52.7 Å². The van der Waals surface area contributed by atoms with E-state index in [1.807, 2.05) is 0 Å². The van der Waals surface area contributed by atoms with E-state index >= 15 is 0 Å². The zero-order valence-corrected chi connectivity index (χ0v) is 11.8. The lowest BCUT2D eigenvalue weighted by Crippen LogP contribution is -2.31. The quantitative estimate of drug-likeness (QED) is 0.570. The fourth-order valence-corrected chi connectivity index (χ4v) is 1.98. The first-order chi connectivity index (χ1) is 11.4. The van der Waals surface area contributed by atoms with E-state index in [2.05, 4.69) is 0 Å². The van der Waals surface area contributed by atoms with Crippen LogP contribution in [0.5, 0.6) is 0 Å². The van der Waals surface area contributed by atoms with Crippen LogP contribution in [-0.2, 0) is 12.4 Å². The van der Waals surface area contributed by atoms with Crippen molar-refractivity contribution in [1.29, 1.82) is 0 Å². The molecule has 0 saturated carbocycles. The second-order valence-corrected chi connectivity index (χ2v) is 4.91. The van der Waals surface area contributed by atoms with E-state index in [1.54, 1.807) is 0 Å². The van der Waals surface area contributed by atoms with Crippen molar-refractivity contribution in [3.05, 3.63) is 34.1 Å². The van der Waals surface area contributed by atoms with Crippen LogP contribution in [0.3, 0.4) is 0 Å². The van der Waals surface area contributed by atoms with Crippen LogP contribution in [0.2, 0.25) is 0 Å². The maximum atomic E-state index is 13.7. The van der Waals surface area contributed by atoms with E-state index < -0.39 is 71.3 Å². The van der Waals surface area contributed by atoms with Crippen molar-refractivity contribution in [3.8, 4) is 0 Å². The van der Waals surface area contributed by atoms with E-state index in [1.165, 1.54) is 0 Å². The number of halogens is 12. The Bertz CT molecular complexity index is 673. The Morgan fingerprint density at radius 1 is 0.654 bits per heavy atom. The van der Waals surface area contributed by atoms with Crippen molar-refractivity contribution >= 4 is 0 Å². The molecule has 0 fully saturated rings. The van der Waals surface area contributed by atoms with Crippen LogP contribution < -0.4 is 0 Å². The van der Waals surface area contributed by atoms with Crippen LogP contribution in [0.1, 0.15) is 29.2 Å². The van der Waals surface area contributed by atoms with Gasteiger partial charge in [0.2, 0.25) is 0 Å². The normalized spacial score (nSPS) is 15.9. The van der Waals surface area contributed by atoms with Crippen molar-refractivity contribution in [2.24, 2.45) is 0 Å². The molecule has 2 N–H and O–H groups in total. The van der Waals surface area contributed by atoms with Crippen molar-refractivity contribution < 1.29 is 62.9 Å². The third kappa shape index (κ3) is 4.34. The molecule has 150 valence electrons. The number of rotatable bonds is 3. The fourth-order valence-electron chi connectivity index (χ4n) is 1.98. The molecule has 2 nitrogen and oxygen atoms in total. The largest absolute Gasteiger partial charge is 0.422 e. The van der Waals surface area contributed by atoms with Gasteiger partial charge in [-0.15, -0.1) is 0 Å². The summed E-state index contributed by atoms with van der Waals surface area (Å²) in [5.74, 6) is -9.59. The summed E-state index contributed by atoms with van der Waals surface area (Å²) in [6, 6.07) is 0. The smallest absolute Gasteiger partial charge is 0.388 e. The Balaban J connectivity index is 3.73. The van der Waals surface area contributed by atoms with Crippen LogP contribution in [0, 0.1) is 17.5 Å². The summed E-state index contributed by atoms with van der Waals surface area (Å²) in [4.78, 5) is 0. The molecule has 0 aliphatic carbocycles. The molecule has 0 amide bonds. The average molecular weight is 410 g/mol. The van der Waals surface area contributed by atoms with Crippen molar-refractivity contribution in [2.45, 2.75) is 37.2 Å². The number of hydrogen-bond donors (Lipinski definition) is 2. The van der Waals surface area contributed by atoms with Gasteiger partial charge in [-0.3, -0.25) is 0 Å². The molecule has 14 heteroatoms. The molecular formula is C12H6F12O2.